The number of rotatable bonds is 21. The van der Waals surface area contributed by atoms with E-state index in [1.807, 2.05) is 27.7 Å². The van der Waals surface area contributed by atoms with Crippen molar-refractivity contribution in [2.75, 3.05) is 13.1 Å². The largest absolute Gasteiger partial charge is 0.480 e. The van der Waals surface area contributed by atoms with Crippen LogP contribution in [-0.4, -0.2) is 118 Å². The van der Waals surface area contributed by atoms with E-state index in [-0.39, 0.29) is 37.1 Å². The number of carbonyl (C=O) groups is 7. The molecule has 2 heterocycles. The normalized spacial score (nSPS) is 20.9. The second kappa shape index (κ2) is 22.4. The van der Waals surface area contributed by atoms with E-state index in [0.29, 0.717) is 44.2 Å². The molecule has 0 bridgehead atoms. The van der Waals surface area contributed by atoms with Crippen molar-refractivity contribution in [2.24, 2.45) is 17.8 Å². The minimum Gasteiger partial charge on any atom is -0.480 e. The summed E-state index contributed by atoms with van der Waals surface area (Å²) in [5.41, 5.74) is 0.717. The molecule has 0 radical (unpaired) electrons. The lowest BCUT2D eigenvalue weighted by molar-refractivity contribution is -0.144. The smallest absolute Gasteiger partial charge is 0.326 e. The first-order chi connectivity index (χ1) is 27.0. The van der Waals surface area contributed by atoms with Gasteiger partial charge in [-0.25, -0.2) is 4.79 Å². The number of nitrogens with one attached hydrogen (secondary N) is 6. The van der Waals surface area contributed by atoms with Gasteiger partial charge in [0.15, 0.2) is 0 Å². The first-order valence-electron chi connectivity index (χ1n) is 20.5. The third-order valence-corrected chi connectivity index (χ3v) is 11.1. The summed E-state index contributed by atoms with van der Waals surface area (Å²) in [6.07, 6.45) is 2.22. The summed E-state index contributed by atoms with van der Waals surface area (Å²) in [4.78, 5) is 95.5. The average molecular weight is 800 g/mol. The van der Waals surface area contributed by atoms with Crippen molar-refractivity contribution in [3.63, 3.8) is 0 Å². The lowest BCUT2D eigenvalue weighted by Gasteiger charge is -2.32. The average Bonchev–Trinajstić information content (AvgIpc) is 3.90. The summed E-state index contributed by atoms with van der Waals surface area (Å²) >= 11 is 0. The molecule has 0 spiro atoms. The fourth-order valence-electron chi connectivity index (χ4n) is 7.22. The number of nitrogens with zero attached hydrogens (tertiary/aromatic N) is 1. The quantitative estimate of drug-likeness (QED) is 0.0879. The van der Waals surface area contributed by atoms with Crippen LogP contribution in [0, 0.1) is 17.8 Å². The predicted octanol–water partition coefficient (Wildman–Crippen LogP) is 1.000. The summed E-state index contributed by atoms with van der Waals surface area (Å²) in [5.74, 6) is -5.55. The third kappa shape index (κ3) is 13.5. The zero-order valence-corrected chi connectivity index (χ0v) is 34.5. The predicted molar refractivity (Wildman–Crippen MR) is 213 cm³/mol. The number of aliphatic hydroxyl groups excluding tert-OH is 1. The molecule has 1 aromatic rings. The molecule has 57 heavy (non-hydrogen) atoms. The maximum absolute atomic E-state index is 14.0. The summed E-state index contributed by atoms with van der Waals surface area (Å²) in [6.45, 7) is 13.3. The Balaban J connectivity index is 1.76. The molecule has 16 nitrogen and oxygen atoms in total. The zero-order valence-electron chi connectivity index (χ0n) is 34.5. The van der Waals surface area contributed by atoms with Crippen LogP contribution in [0.3, 0.4) is 0 Å². The van der Waals surface area contributed by atoms with Crippen molar-refractivity contribution >= 4 is 41.4 Å². The van der Waals surface area contributed by atoms with Gasteiger partial charge in [-0.2, -0.15) is 0 Å². The molecular formula is C41H65N7O9. The van der Waals surface area contributed by atoms with Gasteiger partial charge in [-0.05, 0) is 68.9 Å². The monoisotopic (exact) mass is 799 g/mol. The fraction of sp³-hybridized carbons (Fsp3) is 0.683. The second-order valence-corrected chi connectivity index (χ2v) is 16.1. The Morgan fingerprint density at radius 1 is 0.737 bits per heavy atom. The van der Waals surface area contributed by atoms with Crippen LogP contribution in [0.15, 0.2) is 30.3 Å². The van der Waals surface area contributed by atoms with Crippen LogP contribution in [0.5, 0.6) is 0 Å². The maximum Gasteiger partial charge on any atom is 0.326 e. The zero-order chi connectivity index (χ0) is 42.4. The Bertz CT molecular complexity index is 1540. The van der Waals surface area contributed by atoms with Crippen molar-refractivity contribution in [1.29, 1.82) is 0 Å². The van der Waals surface area contributed by atoms with Crippen LogP contribution in [0.1, 0.15) is 99.0 Å². The molecule has 0 aromatic heterocycles. The molecule has 0 saturated carbocycles. The van der Waals surface area contributed by atoms with Gasteiger partial charge in [0.1, 0.15) is 36.3 Å². The number of carboxylic acid groups (broad SMARTS) is 1. The van der Waals surface area contributed by atoms with Gasteiger partial charge in [0.25, 0.3) is 0 Å². The molecular weight excluding hydrogens is 734 g/mol. The molecule has 2 aliphatic rings. The van der Waals surface area contributed by atoms with E-state index >= 15 is 0 Å². The van der Waals surface area contributed by atoms with Crippen LogP contribution < -0.4 is 31.9 Å². The van der Waals surface area contributed by atoms with E-state index in [0.717, 1.165) is 6.42 Å². The minimum atomic E-state index is -1.27. The topological polar surface area (TPSA) is 235 Å². The van der Waals surface area contributed by atoms with Crippen LogP contribution in [-0.2, 0) is 40.0 Å². The first-order valence-corrected chi connectivity index (χ1v) is 20.5. The van der Waals surface area contributed by atoms with Gasteiger partial charge in [-0.3, -0.25) is 28.8 Å². The molecule has 2 saturated heterocycles. The van der Waals surface area contributed by atoms with Gasteiger partial charge >= 0.3 is 5.97 Å². The number of carbonyl (C=O) groups excluding carboxylic acids is 6. The highest BCUT2D eigenvalue weighted by atomic mass is 16.4. The first kappa shape index (κ1) is 46.8. The molecule has 318 valence electrons. The maximum atomic E-state index is 14.0. The number of aliphatic carboxylic acids is 1. The van der Waals surface area contributed by atoms with Gasteiger partial charge in [-0.15, -0.1) is 0 Å². The molecule has 2 aliphatic heterocycles. The number of hydrogen-bond acceptors (Lipinski definition) is 9. The van der Waals surface area contributed by atoms with Crippen LogP contribution in [0.2, 0.25) is 0 Å². The fourth-order valence-corrected chi connectivity index (χ4v) is 7.22. The van der Waals surface area contributed by atoms with E-state index in [9.17, 15) is 43.8 Å². The van der Waals surface area contributed by atoms with Gasteiger partial charge in [0.2, 0.25) is 35.4 Å². The number of benzene rings is 1. The molecule has 1 aromatic carbocycles. The van der Waals surface area contributed by atoms with Crippen molar-refractivity contribution in [2.45, 2.75) is 148 Å². The number of hydrogen-bond donors (Lipinski definition) is 8. The molecule has 0 aliphatic carbocycles. The highest BCUT2D eigenvalue weighted by Gasteiger charge is 2.42. The Kier molecular flexibility index (Phi) is 18.4. The lowest BCUT2D eigenvalue weighted by Crippen LogP contribution is -2.62. The number of likely N-dealkylation sites (tertiary alicyclic amines) is 1. The van der Waals surface area contributed by atoms with E-state index in [2.05, 4.69) is 31.9 Å². The number of amides is 6. The highest BCUT2D eigenvalue weighted by Crippen LogP contribution is 2.21. The Morgan fingerprint density at radius 2 is 1.32 bits per heavy atom. The van der Waals surface area contributed by atoms with E-state index in [1.54, 1.807) is 44.2 Å². The molecule has 8 N–H and O–H groups in total. The minimum absolute atomic E-state index is 0.0421. The van der Waals surface area contributed by atoms with Crippen molar-refractivity contribution in [3.8, 4) is 0 Å². The Morgan fingerprint density at radius 3 is 1.84 bits per heavy atom. The molecule has 2 fully saturated rings. The van der Waals surface area contributed by atoms with Gasteiger partial charge in [0, 0.05) is 13.0 Å². The number of carboxylic acids is 1. The van der Waals surface area contributed by atoms with E-state index < -0.39 is 89.8 Å². The molecule has 16 heteroatoms. The van der Waals surface area contributed by atoms with E-state index in [4.69, 9.17) is 0 Å². The second-order valence-electron chi connectivity index (χ2n) is 16.1. The summed E-state index contributed by atoms with van der Waals surface area (Å²) < 4.78 is 0. The summed E-state index contributed by atoms with van der Waals surface area (Å²) in [5, 5.41) is 37.1. The third-order valence-electron chi connectivity index (χ3n) is 11.1. The Hall–Kier alpha value is -4.57. The summed E-state index contributed by atoms with van der Waals surface area (Å²) in [6, 6.07) is 1.64. The van der Waals surface area contributed by atoms with Crippen LogP contribution >= 0.6 is 0 Å². The van der Waals surface area contributed by atoms with Gasteiger partial charge in [-0.1, -0.05) is 84.7 Å². The van der Waals surface area contributed by atoms with Gasteiger partial charge in [0.05, 0.1) is 12.1 Å². The molecule has 10 atom stereocenters. The van der Waals surface area contributed by atoms with Crippen LogP contribution in [0.4, 0.5) is 0 Å². The van der Waals surface area contributed by atoms with Gasteiger partial charge < -0.3 is 47.0 Å². The van der Waals surface area contributed by atoms with E-state index in [1.165, 1.54) is 11.8 Å². The molecule has 6 amide bonds. The SMILES string of the molecule is CC[C@H](C)[C@H](NC(=O)[C@H](CC(C)C)NC(=O)[C@@H](NC(=O)[C@@H]1CCCN1C(=O)[C@@H](NC(=O)[C@@H]1CCCN1)[C@@H](C)O)[C@@H](C)CC)C(=O)N[C@@H](Cc1ccccc1)C(=O)O. The van der Waals surface area contributed by atoms with Crippen molar-refractivity contribution in [1.82, 2.24) is 36.8 Å². The number of aliphatic hydroxyl groups is 1. The summed E-state index contributed by atoms with van der Waals surface area (Å²) in [7, 11) is 0. The highest BCUT2D eigenvalue weighted by molar-refractivity contribution is 5.97. The molecule has 0 unspecified atom stereocenters. The molecule has 3 rings (SSSR count). The van der Waals surface area contributed by atoms with Crippen LogP contribution in [0.25, 0.3) is 0 Å². The standard InChI is InChI=1S/C41H65N7O9/c1-8-24(5)32(39(54)44-30(41(56)57)22-27-15-11-10-12-16-27)45-36(51)29(21-23(3)4)43-38(53)33(25(6)9-2)46-37(52)31-18-14-20-48(31)40(55)34(26(7)49)47-35(50)28-17-13-19-42-28/h10-12,15-16,23-26,28-34,42,49H,8-9,13-14,17-22H2,1-7H3,(H,43,53)(H,44,54)(H,45,51)(H,46,52)(H,47,50)(H,56,57)/t24-,25-,26+,28-,29-,30-,31-,32-,33-,34-/m0/s1. The van der Waals surface area contributed by atoms with Crippen molar-refractivity contribution < 1.29 is 43.8 Å². The van der Waals surface area contributed by atoms with Crippen molar-refractivity contribution in [3.05, 3.63) is 35.9 Å². The Labute approximate surface area is 336 Å². The lowest BCUT2D eigenvalue weighted by atomic mass is 9.95.